The third-order valence-corrected chi connectivity index (χ3v) is 4.87. The van der Waals surface area contributed by atoms with Crippen LogP contribution in [0.3, 0.4) is 0 Å². The summed E-state index contributed by atoms with van der Waals surface area (Å²) in [6.07, 6.45) is 6.41. The summed E-state index contributed by atoms with van der Waals surface area (Å²) in [6, 6.07) is 0. The van der Waals surface area contributed by atoms with Crippen LogP contribution in [-0.2, 0) is 26.9 Å². The Labute approximate surface area is 120 Å². The number of nitrogens with one attached hydrogen (secondary N) is 1. The van der Waals surface area contributed by atoms with Crippen molar-refractivity contribution in [1.82, 2.24) is 14.7 Å². The largest absolute Gasteiger partial charge is 0.367 e. The second-order valence-electron chi connectivity index (χ2n) is 5.18. The highest BCUT2D eigenvalue weighted by Crippen LogP contribution is 2.32. The Balaban J connectivity index is 2.03. The van der Waals surface area contributed by atoms with Gasteiger partial charge in [-0.1, -0.05) is 0 Å². The van der Waals surface area contributed by atoms with Crippen LogP contribution in [0.5, 0.6) is 0 Å². The number of ether oxygens (including phenoxy) is 1. The normalized spacial score (nSPS) is 23.7. The van der Waals surface area contributed by atoms with Gasteiger partial charge in [-0.15, -0.1) is 0 Å². The van der Waals surface area contributed by atoms with Crippen molar-refractivity contribution in [2.75, 3.05) is 12.4 Å². The molecule has 1 aliphatic heterocycles. The van der Waals surface area contributed by atoms with E-state index in [0.717, 1.165) is 31.4 Å². The van der Waals surface area contributed by atoms with E-state index in [2.05, 4.69) is 14.7 Å². The lowest BCUT2D eigenvalue weighted by Gasteiger charge is -2.32. The second-order valence-corrected chi connectivity index (χ2v) is 7.27. The molecule has 1 N–H and O–H groups in total. The fourth-order valence-electron chi connectivity index (χ4n) is 2.12. The molecule has 112 valence electrons. The van der Waals surface area contributed by atoms with Crippen LogP contribution >= 0.6 is 0 Å². The first-order valence-corrected chi connectivity index (χ1v) is 8.53. The van der Waals surface area contributed by atoms with Gasteiger partial charge in [0.2, 0.25) is 10.0 Å². The summed E-state index contributed by atoms with van der Waals surface area (Å²) < 4.78 is 31.0. The third kappa shape index (κ3) is 3.74. The molecule has 1 atom stereocenters. The summed E-state index contributed by atoms with van der Waals surface area (Å²) in [5.74, 6) is 0.733. The lowest BCUT2D eigenvalue weighted by atomic mass is 9.95. The Hall–Kier alpha value is -1.05. The third-order valence-electron chi connectivity index (χ3n) is 3.52. The van der Waals surface area contributed by atoms with E-state index < -0.39 is 15.6 Å². The molecule has 0 saturated carbocycles. The Morgan fingerprint density at radius 2 is 2.05 bits per heavy atom. The molecule has 2 rings (SSSR count). The average molecular weight is 299 g/mol. The van der Waals surface area contributed by atoms with Crippen molar-refractivity contribution in [3.8, 4) is 0 Å². The highest BCUT2D eigenvalue weighted by atomic mass is 32.2. The number of hydrogen-bond donors (Lipinski definition) is 1. The van der Waals surface area contributed by atoms with Crippen molar-refractivity contribution < 1.29 is 13.2 Å². The maximum absolute atomic E-state index is 11.4. The average Bonchev–Trinajstić information content (AvgIpc) is 2.47. The monoisotopic (exact) mass is 299 g/mol. The molecule has 0 aromatic carbocycles. The number of nitrogens with zero attached hydrogens (tertiary/aromatic N) is 2. The molecule has 0 bridgehead atoms. The molecule has 1 fully saturated rings. The van der Waals surface area contributed by atoms with E-state index in [0.29, 0.717) is 5.82 Å². The summed E-state index contributed by atoms with van der Waals surface area (Å²) in [7, 11) is -3.19. The van der Waals surface area contributed by atoms with E-state index in [-0.39, 0.29) is 12.3 Å². The first-order valence-electron chi connectivity index (χ1n) is 6.88. The van der Waals surface area contributed by atoms with Gasteiger partial charge in [0, 0.05) is 31.1 Å². The Bertz CT molecular complexity index is 536. The molecule has 0 aliphatic carbocycles. The van der Waals surface area contributed by atoms with Gasteiger partial charge in [-0.2, -0.15) is 0 Å². The van der Waals surface area contributed by atoms with Gasteiger partial charge in [0.1, 0.15) is 5.60 Å². The summed E-state index contributed by atoms with van der Waals surface area (Å²) >= 11 is 0. The van der Waals surface area contributed by atoms with Crippen LogP contribution in [0, 0.1) is 0 Å². The van der Waals surface area contributed by atoms with Gasteiger partial charge >= 0.3 is 0 Å². The molecule has 0 amide bonds. The summed E-state index contributed by atoms with van der Waals surface area (Å²) in [5.41, 5.74) is 0.324. The van der Waals surface area contributed by atoms with Crippen LogP contribution in [0.2, 0.25) is 0 Å². The molecule has 1 aromatic rings. The predicted octanol–water partition coefficient (Wildman–Crippen LogP) is 1.33. The number of rotatable bonds is 5. The molecule has 0 unspecified atom stereocenters. The van der Waals surface area contributed by atoms with E-state index in [4.69, 9.17) is 4.74 Å². The lowest BCUT2D eigenvalue weighted by Crippen LogP contribution is -2.32. The second kappa shape index (κ2) is 6.15. The van der Waals surface area contributed by atoms with Crippen LogP contribution in [-0.4, -0.2) is 30.7 Å². The zero-order valence-electron chi connectivity index (χ0n) is 11.9. The Morgan fingerprint density at radius 3 is 2.60 bits per heavy atom. The molecular formula is C13H21N3O3S. The van der Waals surface area contributed by atoms with E-state index in [1.807, 2.05) is 6.92 Å². The minimum atomic E-state index is -3.19. The van der Waals surface area contributed by atoms with Crippen molar-refractivity contribution in [3.05, 3.63) is 23.8 Å². The zero-order chi connectivity index (χ0) is 14.6. The van der Waals surface area contributed by atoms with E-state index in [9.17, 15) is 8.42 Å². The Morgan fingerprint density at radius 1 is 1.35 bits per heavy atom. The smallest absolute Gasteiger partial charge is 0.211 e. The van der Waals surface area contributed by atoms with Gasteiger partial charge in [-0.3, -0.25) is 0 Å². The van der Waals surface area contributed by atoms with Crippen LogP contribution < -0.4 is 4.72 Å². The first kappa shape index (κ1) is 15.3. The standard InChI is InChI=1S/C13H21N3O3S/c1-3-20(17,18)16-10-11-8-14-12(15-9-11)13(2)6-4-5-7-19-13/h8-9,16H,3-7,10H2,1-2H3/t13-/m0/s1. The molecule has 1 aliphatic rings. The van der Waals surface area contributed by atoms with Gasteiger partial charge in [0.25, 0.3) is 0 Å². The van der Waals surface area contributed by atoms with Crippen molar-refractivity contribution >= 4 is 10.0 Å². The first-order chi connectivity index (χ1) is 9.45. The molecule has 0 spiro atoms. The molecule has 1 aromatic heterocycles. The topological polar surface area (TPSA) is 81.2 Å². The molecule has 2 heterocycles. The minimum absolute atomic E-state index is 0.0673. The van der Waals surface area contributed by atoms with Crippen LogP contribution in [0.1, 0.15) is 44.5 Å². The van der Waals surface area contributed by atoms with Crippen molar-refractivity contribution in [1.29, 1.82) is 0 Å². The summed E-state index contributed by atoms with van der Waals surface area (Å²) in [5, 5.41) is 0. The van der Waals surface area contributed by atoms with Crippen LogP contribution in [0.15, 0.2) is 12.4 Å². The minimum Gasteiger partial charge on any atom is -0.367 e. The number of aromatic nitrogens is 2. The summed E-state index contributed by atoms with van der Waals surface area (Å²) in [6.45, 7) is 4.55. The maximum atomic E-state index is 11.4. The molecule has 0 radical (unpaired) electrons. The molecule has 20 heavy (non-hydrogen) atoms. The van der Waals surface area contributed by atoms with Crippen molar-refractivity contribution in [2.45, 2.75) is 45.3 Å². The molecular weight excluding hydrogens is 278 g/mol. The number of hydrogen-bond acceptors (Lipinski definition) is 5. The van der Waals surface area contributed by atoms with E-state index >= 15 is 0 Å². The number of sulfonamides is 1. The Kier molecular flexibility index (Phi) is 4.72. The molecule has 1 saturated heterocycles. The van der Waals surface area contributed by atoms with Crippen LogP contribution in [0.25, 0.3) is 0 Å². The fraction of sp³-hybridized carbons (Fsp3) is 0.692. The van der Waals surface area contributed by atoms with E-state index in [1.54, 1.807) is 19.3 Å². The van der Waals surface area contributed by atoms with Crippen LogP contribution in [0.4, 0.5) is 0 Å². The maximum Gasteiger partial charge on any atom is 0.211 e. The van der Waals surface area contributed by atoms with Gasteiger partial charge in [0.05, 0.1) is 5.75 Å². The van der Waals surface area contributed by atoms with Gasteiger partial charge in [0.15, 0.2) is 5.82 Å². The van der Waals surface area contributed by atoms with Crippen molar-refractivity contribution in [2.24, 2.45) is 0 Å². The zero-order valence-corrected chi connectivity index (χ0v) is 12.7. The molecule has 7 heteroatoms. The van der Waals surface area contributed by atoms with Gasteiger partial charge < -0.3 is 4.74 Å². The highest BCUT2D eigenvalue weighted by Gasteiger charge is 2.32. The summed E-state index contributed by atoms with van der Waals surface area (Å²) in [4.78, 5) is 8.66. The van der Waals surface area contributed by atoms with Crippen molar-refractivity contribution in [3.63, 3.8) is 0 Å². The van der Waals surface area contributed by atoms with Gasteiger partial charge in [-0.05, 0) is 33.1 Å². The molecule has 6 nitrogen and oxygen atoms in total. The predicted molar refractivity (Wildman–Crippen MR) is 75.5 cm³/mol. The highest BCUT2D eigenvalue weighted by molar-refractivity contribution is 7.89. The fourth-order valence-corrected chi connectivity index (χ4v) is 2.72. The van der Waals surface area contributed by atoms with E-state index in [1.165, 1.54) is 0 Å². The SMILES string of the molecule is CCS(=O)(=O)NCc1cnc([C@]2(C)CCCCO2)nc1. The van der Waals surface area contributed by atoms with Gasteiger partial charge in [-0.25, -0.2) is 23.1 Å². The quantitative estimate of drug-likeness (QED) is 0.887. The lowest BCUT2D eigenvalue weighted by molar-refractivity contribution is -0.0760.